The van der Waals surface area contributed by atoms with Crippen molar-refractivity contribution in [3.8, 4) is 10.6 Å². The molecule has 3 aromatic rings. The number of thiazole rings is 1. The molecular formula is C19H20N4O2S. The first-order valence-corrected chi connectivity index (χ1v) is 9.49. The van der Waals surface area contributed by atoms with Crippen molar-refractivity contribution < 1.29 is 9.53 Å². The Kier molecular flexibility index (Phi) is 5.01. The minimum Gasteiger partial charge on any atom is -0.379 e. The molecule has 26 heavy (non-hydrogen) atoms. The van der Waals surface area contributed by atoms with Crippen LogP contribution in [0.15, 0.2) is 30.6 Å². The molecule has 0 aliphatic carbocycles. The van der Waals surface area contributed by atoms with Crippen molar-refractivity contribution in [3.63, 3.8) is 0 Å². The van der Waals surface area contributed by atoms with Gasteiger partial charge in [0.15, 0.2) is 5.78 Å². The van der Waals surface area contributed by atoms with E-state index in [0.29, 0.717) is 26.2 Å². The highest BCUT2D eigenvalue weighted by Crippen LogP contribution is 2.26. The molecule has 0 saturated carbocycles. The first-order valence-electron chi connectivity index (χ1n) is 8.68. The van der Waals surface area contributed by atoms with E-state index in [1.54, 1.807) is 17.5 Å². The van der Waals surface area contributed by atoms with E-state index >= 15 is 0 Å². The Morgan fingerprint density at radius 1 is 1.23 bits per heavy atom. The Balaban J connectivity index is 1.51. The average molecular weight is 368 g/mol. The highest BCUT2D eigenvalue weighted by Gasteiger charge is 2.15. The van der Waals surface area contributed by atoms with Crippen LogP contribution in [0.5, 0.6) is 0 Å². The zero-order valence-corrected chi connectivity index (χ0v) is 15.5. The summed E-state index contributed by atoms with van der Waals surface area (Å²) in [6, 6.07) is 5.92. The van der Waals surface area contributed by atoms with Gasteiger partial charge in [0, 0.05) is 36.6 Å². The second-order valence-corrected chi connectivity index (χ2v) is 7.65. The molecular weight excluding hydrogens is 348 g/mol. The molecule has 4 rings (SSSR count). The highest BCUT2D eigenvalue weighted by atomic mass is 32.1. The number of fused-ring (bicyclic) bond motifs is 1. The van der Waals surface area contributed by atoms with Gasteiger partial charge in [0.1, 0.15) is 0 Å². The van der Waals surface area contributed by atoms with Crippen molar-refractivity contribution in [2.45, 2.75) is 13.3 Å². The molecule has 6 nitrogen and oxygen atoms in total. The lowest BCUT2D eigenvalue weighted by molar-refractivity contribution is -0.120. The smallest absolute Gasteiger partial charge is 0.152 e. The normalized spacial score (nSPS) is 15.4. The third kappa shape index (κ3) is 3.95. The van der Waals surface area contributed by atoms with Gasteiger partial charge >= 0.3 is 0 Å². The van der Waals surface area contributed by atoms with Gasteiger partial charge in [0.05, 0.1) is 47.3 Å². The number of pyridine rings is 2. The van der Waals surface area contributed by atoms with E-state index in [-0.39, 0.29) is 5.78 Å². The van der Waals surface area contributed by atoms with Crippen LogP contribution in [0.3, 0.4) is 0 Å². The van der Waals surface area contributed by atoms with Gasteiger partial charge in [-0.2, -0.15) is 0 Å². The number of nitrogens with zero attached hydrogens (tertiary/aromatic N) is 4. The number of ketones is 1. The summed E-state index contributed by atoms with van der Waals surface area (Å²) in [6.45, 7) is 5.47. The number of hydrogen-bond donors (Lipinski definition) is 0. The summed E-state index contributed by atoms with van der Waals surface area (Å²) < 4.78 is 5.32. The number of aryl methyl sites for hydroxylation is 1. The summed E-state index contributed by atoms with van der Waals surface area (Å²) in [4.78, 5) is 29.0. The maximum atomic E-state index is 12.4. The SMILES string of the molecule is Cc1ncc(-c2ccc3cnc(CC(=O)CN4CCOCC4)cc3n2)s1. The van der Waals surface area contributed by atoms with Crippen LogP contribution in [0.1, 0.15) is 10.7 Å². The second-order valence-electron chi connectivity index (χ2n) is 6.41. The van der Waals surface area contributed by atoms with E-state index in [0.717, 1.165) is 45.3 Å². The van der Waals surface area contributed by atoms with Crippen LogP contribution >= 0.6 is 11.3 Å². The van der Waals surface area contributed by atoms with E-state index in [1.807, 2.05) is 31.3 Å². The van der Waals surface area contributed by atoms with Crippen LogP contribution in [0, 0.1) is 6.92 Å². The first-order chi connectivity index (χ1) is 12.7. The fraction of sp³-hybridized carbons (Fsp3) is 0.368. The van der Waals surface area contributed by atoms with E-state index in [2.05, 4.69) is 14.9 Å². The zero-order chi connectivity index (χ0) is 17.9. The molecule has 134 valence electrons. The van der Waals surface area contributed by atoms with Gasteiger partial charge in [-0.25, -0.2) is 9.97 Å². The van der Waals surface area contributed by atoms with Gasteiger partial charge in [0.25, 0.3) is 0 Å². The largest absolute Gasteiger partial charge is 0.379 e. The molecule has 1 aliphatic rings. The summed E-state index contributed by atoms with van der Waals surface area (Å²) >= 11 is 1.62. The first kappa shape index (κ1) is 17.2. The minimum atomic E-state index is 0.174. The molecule has 0 unspecified atom stereocenters. The minimum absolute atomic E-state index is 0.174. The summed E-state index contributed by atoms with van der Waals surface area (Å²) in [5.74, 6) is 0.174. The maximum Gasteiger partial charge on any atom is 0.152 e. The monoisotopic (exact) mass is 368 g/mol. The van der Waals surface area contributed by atoms with E-state index in [4.69, 9.17) is 9.72 Å². The molecule has 0 radical (unpaired) electrons. The van der Waals surface area contributed by atoms with Gasteiger partial charge < -0.3 is 4.74 Å². The summed E-state index contributed by atoms with van der Waals surface area (Å²) in [5, 5.41) is 1.99. The molecule has 0 atom stereocenters. The van der Waals surface area contributed by atoms with Crippen LogP contribution in [-0.2, 0) is 16.0 Å². The van der Waals surface area contributed by atoms with Gasteiger partial charge in [0.2, 0.25) is 0 Å². The molecule has 3 aromatic heterocycles. The molecule has 0 amide bonds. The van der Waals surface area contributed by atoms with E-state index in [9.17, 15) is 4.79 Å². The van der Waals surface area contributed by atoms with Gasteiger partial charge in [-0.1, -0.05) is 0 Å². The molecule has 1 aliphatic heterocycles. The van der Waals surface area contributed by atoms with Crippen molar-refractivity contribution in [3.05, 3.63) is 41.3 Å². The predicted octanol–water partition coefficient (Wildman–Crippen LogP) is 2.51. The molecule has 1 fully saturated rings. The zero-order valence-electron chi connectivity index (χ0n) is 14.6. The van der Waals surface area contributed by atoms with Crippen molar-refractivity contribution >= 4 is 28.0 Å². The highest BCUT2D eigenvalue weighted by molar-refractivity contribution is 7.15. The van der Waals surface area contributed by atoms with Crippen LogP contribution in [0.25, 0.3) is 21.5 Å². The number of morpholine rings is 1. The van der Waals surface area contributed by atoms with Crippen LogP contribution in [0.2, 0.25) is 0 Å². The Labute approximate surface area is 155 Å². The van der Waals surface area contributed by atoms with Crippen LogP contribution in [0.4, 0.5) is 0 Å². The van der Waals surface area contributed by atoms with E-state index < -0.39 is 0 Å². The quantitative estimate of drug-likeness (QED) is 0.689. The number of carbonyl (C=O) groups excluding carboxylic acids is 1. The van der Waals surface area contributed by atoms with Crippen LogP contribution in [-0.4, -0.2) is 58.5 Å². The average Bonchev–Trinajstić information content (AvgIpc) is 3.08. The molecule has 0 aromatic carbocycles. The molecule has 7 heteroatoms. The third-order valence-electron chi connectivity index (χ3n) is 4.39. The topological polar surface area (TPSA) is 68.2 Å². The fourth-order valence-electron chi connectivity index (χ4n) is 3.04. The Morgan fingerprint density at radius 2 is 2.08 bits per heavy atom. The number of hydrogen-bond acceptors (Lipinski definition) is 7. The van der Waals surface area contributed by atoms with Crippen molar-refractivity contribution in [2.75, 3.05) is 32.8 Å². The maximum absolute atomic E-state index is 12.4. The molecule has 0 N–H and O–H groups in total. The standard InChI is InChI=1S/C19H20N4O2S/c1-13-20-11-19(26-13)17-3-2-14-10-21-15(9-18(14)22-17)8-16(24)12-23-4-6-25-7-5-23/h2-3,9-11H,4-8,12H2,1H3. The molecule has 0 bridgehead atoms. The fourth-order valence-corrected chi connectivity index (χ4v) is 3.79. The van der Waals surface area contributed by atoms with Crippen molar-refractivity contribution in [2.24, 2.45) is 0 Å². The number of carbonyl (C=O) groups is 1. The van der Waals surface area contributed by atoms with E-state index in [1.165, 1.54) is 0 Å². The van der Waals surface area contributed by atoms with Gasteiger partial charge in [-0.05, 0) is 25.1 Å². The predicted molar refractivity (Wildman–Crippen MR) is 101 cm³/mol. The van der Waals surface area contributed by atoms with Crippen molar-refractivity contribution in [1.29, 1.82) is 0 Å². The number of Topliss-reactive ketones (excluding diaryl/α,β-unsaturated/α-hetero) is 1. The number of ether oxygens (including phenoxy) is 1. The summed E-state index contributed by atoms with van der Waals surface area (Å²) in [5.41, 5.74) is 2.53. The number of aromatic nitrogens is 3. The third-order valence-corrected chi connectivity index (χ3v) is 5.32. The summed E-state index contributed by atoms with van der Waals surface area (Å²) in [7, 11) is 0. The Bertz CT molecular complexity index is 934. The second kappa shape index (κ2) is 7.57. The lowest BCUT2D eigenvalue weighted by Crippen LogP contribution is -2.39. The molecule has 4 heterocycles. The van der Waals surface area contributed by atoms with Gasteiger partial charge in [-0.15, -0.1) is 11.3 Å². The Hall–Kier alpha value is -2.22. The van der Waals surface area contributed by atoms with Crippen LogP contribution < -0.4 is 0 Å². The lowest BCUT2D eigenvalue weighted by Gasteiger charge is -2.25. The lowest BCUT2D eigenvalue weighted by atomic mass is 10.1. The number of rotatable bonds is 5. The summed E-state index contributed by atoms with van der Waals surface area (Å²) in [6.07, 6.45) is 3.97. The molecule has 1 saturated heterocycles. The Morgan fingerprint density at radius 3 is 2.85 bits per heavy atom. The molecule has 0 spiro atoms. The van der Waals surface area contributed by atoms with Gasteiger partial charge in [-0.3, -0.25) is 14.7 Å². The van der Waals surface area contributed by atoms with Crippen molar-refractivity contribution in [1.82, 2.24) is 19.9 Å².